The molecule has 6 aromatic rings. The molecule has 0 radical (unpaired) electrons. The van der Waals surface area contributed by atoms with Crippen molar-refractivity contribution in [3.05, 3.63) is 137 Å². The van der Waals surface area contributed by atoms with Gasteiger partial charge in [-0.1, -0.05) is 82.3 Å². The van der Waals surface area contributed by atoms with Gasteiger partial charge >= 0.3 is 0 Å². The molecule has 296 valence electrons. The highest BCUT2D eigenvalue weighted by molar-refractivity contribution is 7.98. The topological polar surface area (TPSA) is 46.2 Å². The second-order valence-corrected chi connectivity index (χ2v) is 18.6. The molecule has 58 heavy (non-hydrogen) atoms. The van der Waals surface area contributed by atoms with Gasteiger partial charge in [-0.3, -0.25) is 0 Å². The van der Waals surface area contributed by atoms with Crippen LogP contribution in [0.4, 0.5) is 0 Å². The van der Waals surface area contributed by atoms with Crippen LogP contribution < -0.4 is 23.7 Å². The Labute approximate surface area is 347 Å². The first-order chi connectivity index (χ1) is 27.9. The zero-order chi connectivity index (χ0) is 40.6. The highest BCUT2D eigenvalue weighted by atomic mass is 32.2. The van der Waals surface area contributed by atoms with Gasteiger partial charge in [0.05, 0.1) is 28.4 Å². The van der Waals surface area contributed by atoms with E-state index >= 15 is 0 Å². The van der Waals surface area contributed by atoms with Crippen molar-refractivity contribution in [2.45, 2.75) is 62.9 Å². The second kappa shape index (κ2) is 13.9. The van der Waals surface area contributed by atoms with Gasteiger partial charge in [0.1, 0.15) is 28.7 Å². The van der Waals surface area contributed by atoms with Crippen molar-refractivity contribution in [2.75, 3.05) is 34.7 Å². The summed E-state index contributed by atoms with van der Waals surface area (Å²) < 4.78 is 30.8. The smallest absolute Gasteiger partial charge is 0.178 e. The fourth-order valence-corrected chi connectivity index (χ4v) is 11.9. The fraction of sp³-hybridized carbons (Fsp3) is 0.308. The predicted octanol–water partition coefficient (Wildman–Crippen LogP) is 13.1. The maximum Gasteiger partial charge on any atom is 0.178 e. The Morgan fingerprint density at radius 1 is 0.586 bits per heavy atom. The summed E-state index contributed by atoms with van der Waals surface area (Å²) in [6, 6.07) is 36.6. The van der Waals surface area contributed by atoms with Gasteiger partial charge in [0, 0.05) is 44.0 Å². The highest BCUT2D eigenvalue weighted by Gasteiger charge is 2.55. The third-order valence-corrected chi connectivity index (χ3v) is 13.6. The molecule has 1 saturated carbocycles. The zero-order valence-electron chi connectivity index (χ0n) is 35.0. The first-order valence-corrected chi connectivity index (χ1v) is 21.3. The molecule has 0 aromatic heterocycles. The van der Waals surface area contributed by atoms with Crippen molar-refractivity contribution in [1.82, 2.24) is 0 Å². The van der Waals surface area contributed by atoms with E-state index in [1.807, 2.05) is 36.4 Å². The van der Waals surface area contributed by atoms with Crippen LogP contribution in [0, 0.1) is 10.8 Å². The van der Waals surface area contributed by atoms with Gasteiger partial charge in [0.15, 0.2) is 5.60 Å². The van der Waals surface area contributed by atoms with E-state index in [0.717, 1.165) is 74.8 Å². The Bertz CT molecular complexity index is 2540. The summed E-state index contributed by atoms with van der Waals surface area (Å²) in [5.41, 5.74) is 9.82. The number of thioether (sulfide) groups is 1. The molecule has 0 N–H and O–H groups in total. The van der Waals surface area contributed by atoms with Crippen LogP contribution in [0.5, 0.6) is 28.7 Å². The summed E-state index contributed by atoms with van der Waals surface area (Å²) in [6.45, 7) is 9.87. The lowest BCUT2D eigenvalue weighted by atomic mass is 9.52. The Morgan fingerprint density at radius 2 is 1.19 bits per heavy atom. The first kappa shape index (κ1) is 38.2. The molecule has 0 saturated heterocycles. The Kier molecular flexibility index (Phi) is 9.16. The van der Waals surface area contributed by atoms with Crippen molar-refractivity contribution in [3.8, 4) is 51.0 Å². The maximum atomic E-state index is 7.85. The van der Waals surface area contributed by atoms with E-state index in [1.54, 1.807) is 40.2 Å². The Morgan fingerprint density at radius 3 is 1.78 bits per heavy atom. The van der Waals surface area contributed by atoms with Crippen LogP contribution in [0.1, 0.15) is 74.8 Å². The summed E-state index contributed by atoms with van der Waals surface area (Å²) in [4.78, 5) is 1.17. The van der Waals surface area contributed by atoms with E-state index in [2.05, 4.69) is 113 Å². The molecule has 5 nitrogen and oxygen atoms in total. The lowest BCUT2D eigenvalue weighted by molar-refractivity contribution is 0.0642. The van der Waals surface area contributed by atoms with E-state index < -0.39 is 5.60 Å². The molecule has 1 heterocycles. The van der Waals surface area contributed by atoms with Gasteiger partial charge in [-0.15, -0.1) is 11.8 Å². The number of benzene rings is 6. The molecule has 2 aliphatic carbocycles. The highest BCUT2D eigenvalue weighted by Crippen LogP contribution is 2.67. The molecule has 1 aliphatic heterocycles. The molecule has 0 unspecified atom stereocenters. The van der Waals surface area contributed by atoms with Crippen LogP contribution in [-0.4, -0.2) is 34.7 Å². The fourth-order valence-electron chi connectivity index (χ4n) is 11.2. The van der Waals surface area contributed by atoms with E-state index in [-0.39, 0.29) is 16.2 Å². The van der Waals surface area contributed by atoms with Gasteiger partial charge < -0.3 is 23.7 Å². The van der Waals surface area contributed by atoms with Crippen LogP contribution in [0.3, 0.4) is 0 Å². The summed E-state index contributed by atoms with van der Waals surface area (Å²) in [5, 5.41) is 2.27. The van der Waals surface area contributed by atoms with Crippen LogP contribution in [0.15, 0.2) is 114 Å². The Balaban J connectivity index is 1.42. The molecular formula is C52H52O5S. The van der Waals surface area contributed by atoms with Crippen LogP contribution in [0.2, 0.25) is 0 Å². The minimum atomic E-state index is -0.952. The predicted molar refractivity (Wildman–Crippen MR) is 238 cm³/mol. The van der Waals surface area contributed by atoms with E-state index in [1.165, 1.54) is 39.0 Å². The molecular weight excluding hydrogens is 737 g/mol. The largest absolute Gasteiger partial charge is 0.497 e. The molecule has 1 spiro atoms. The van der Waals surface area contributed by atoms with E-state index in [0.29, 0.717) is 0 Å². The summed E-state index contributed by atoms with van der Waals surface area (Å²) in [5.74, 6) is 3.98. The second-order valence-electron chi connectivity index (χ2n) is 17.8. The van der Waals surface area contributed by atoms with Crippen LogP contribution >= 0.6 is 11.8 Å². The van der Waals surface area contributed by atoms with E-state index in [9.17, 15) is 0 Å². The molecule has 3 aliphatic rings. The van der Waals surface area contributed by atoms with Gasteiger partial charge in [-0.25, -0.2) is 0 Å². The number of methoxy groups -OCH3 is 4. The van der Waals surface area contributed by atoms with Crippen molar-refractivity contribution in [1.29, 1.82) is 0 Å². The standard InChI is InChI=1S/C52H52O5S/c1-49(2)29-50(3,4)31-51(30-49)43-13-11-10-12-38(43)46-41-28-45(58-9)40(37-23-22-36(55-7)26-44(37)56-8)27-42(41)48-39(47(46)51)24-25-52(57-48,32-14-18-34(53-5)19-15-32)33-16-20-35(54-6)21-17-33/h10-28H,29-31H2,1-9H3. The molecule has 0 atom stereocenters. The zero-order valence-corrected chi connectivity index (χ0v) is 35.9. The van der Waals surface area contributed by atoms with Gasteiger partial charge in [-0.2, -0.15) is 0 Å². The third-order valence-electron chi connectivity index (χ3n) is 12.8. The normalized spacial score (nSPS) is 17.5. The molecule has 1 fully saturated rings. The van der Waals surface area contributed by atoms with Gasteiger partial charge in [0.25, 0.3) is 0 Å². The molecule has 0 amide bonds. The molecule has 0 bridgehead atoms. The van der Waals surface area contributed by atoms with Crippen molar-refractivity contribution >= 4 is 28.6 Å². The average Bonchev–Trinajstić information content (AvgIpc) is 3.49. The number of fused-ring (bicyclic) bond motifs is 10. The SMILES string of the molecule is COc1ccc(C2(c3ccc(OC)cc3)C=Cc3c4c(c5cc(SC)c(-c6ccc(OC)cc6OC)cc5c3O2)-c2ccccc2C42CC(C)(C)CC(C)(C)C2)cc1. The average molecular weight is 789 g/mol. The van der Waals surface area contributed by atoms with Crippen LogP contribution in [0.25, 0.3) is 39.1 Å². The summed E-state index contributed by atoms with van der Waals surface area (Å²) in [7, 11) is 6.82. The third kappa shape index (κ3) is 5.89. The molecule has 9 rings (SSSR count). The summed E-state index contributed by atoms with van der Waals surface area (Å²) in [6.07, 6.45) is 10.1. The number of ether oxygens (including phenoxy) is 5. The maximum absolute atomic E-state index is 7.85. The minimum absolute atomic E-state index is 0.118. The van der Waals surface area contributed by atoms with Crippen molar-refractivity contribution < 1.29 is 23.7 Å². The lowest BCUT2D eigenvalue weighted by Gasteiger charge is -2.52. The molecule has 6 aromatic carbocycles. The van der Waals surface area contributed by atoms with Crippen molar-refractivity contribution in [3.63, 3.8) is 0 Å². The Hall–Kier alpha value is -5.33. The number of hydrogen-bond acceptors (Lipinski definition) is 6. The first-order valence-electron chi connectivity index (χ1n) is 20.1. The monoisotopic (exact) mass is 788 g/mol. The van der Waals surface area contributed by atoms with E-state index in [4.69, 9.17) is 23.7 Å². The van der Waals surface area contributed by atoms with Gasteiger partial charge in [0.2, 0.25) is 0 Å². The van der Waals surface area contributed by atoms with Crippen LogP contribution in [-0.2, 0) is 11.0 Å². The number of hydrogen-bond donors (Lipinski definition) is 0. The van der Waals surface area contributed by atoms with Crippen molar-refractivity contribution in [2.24, 2.45) is 10.8 Å². The lowest BCUT2D eigenvalue weighted by Crippen LogP contribution is -2.44. The molecule has 6 heteroatoms. The summed E-state index contributed by atoms with van der Waals surface area (Å²) >= 11 is 1.76. The van der Waals surface area contributed by atoms with Gasteiger partial charge in [-0.05, 0) is 124 Å². The number of rotatable bonds is 8. The minimum Gasteiger partial charge on any atom is -0.497 e. The quantitative estimate of drug-likeness (QED) is 0.143.